The van der Waals surface area contributed by atoms with E-state index in [0.29, 0.717) is 5.56 Å². The molecule has 0 atom stereocenters. The van der Waals surface area contributed by atoms with Crippen LogP contribution in [0.1, 0.15) is 20.7 Å². The van der Waals surface area contributed by atoms with Crippen molar-refractivity contribution in [2.45, 2.75) is 0 Å². The van der Waals surface area contributed by atoms with E-state index in [1.54, 1.807) is 25.4 Å². The fraction of sp³-hybridized carbons (Fsp3) is 0.0588. The summed E-state index contributed by atoms with van der Waals surface area (Å²) in [6.45, 7) is 0. The van der Waals surface area contributed by atoms with E-state index in [0.717, 1.165) is 54.1 Å². The quantitative estimate of drug-likeness (QED) is 0.214. The summed E-state index contributed by atoms with van der Waals surface area (Å²) in [7, 11) is 3.14. The van der Waals surface area contributed by atoms with Crippen molar-refractivity contribution >= 4 is 76.8 Å². The SMILES string of the molecule is CN.CNC(=O)c1cc2ccc3cccc4cnc(c1)c2c34.O=C(O)c1cc2ccc3cccc4cnc(c1)c2c34. The topological polar surface area (TPSA) is 118 Å². The van der Waals surface area contributed by atoms with Crippen molar-refractivity contribution in [2.24, 2.45) is 5.73 Å². The van der Waals surface area contributed by atoms with Crippen molar-refractivity contribution in [1.82, 2.24) is 15.3 Å². The monoisotopic (exact) mass is 538 g/mol. The number of rotatable bonds is 2. The molecule has 0 unspecified atom stereocenters. The maximum Gasteiger partial charge on any atom is 0.335 e. The van der Waals surface area contributed by atoms with Gasteiger partial charge in [-0.3, -0.25) is 14.8 Å². The first-order valence-corrected chi connectivity index (χ1v) is 13.1. The van der Waals surface area contributed by atoms with Gasteiger partial charge in [-0.1, -0.05) is 60.7 Å². The molecule has 2 heterocycles. The Labute approximate surface area is 234 Å². The van der Waals surface area contributed by atoms with Crippen molar-refractivity contribution in [3.8, 4) is 0 Å². The van der Waals surface area contributed by atoms with E-state index >= 15 is 0 Å². The normalized spacial score (nSPS) is 11.1. The molecule has 7 nitrogen and oxygen atoms in total. The number of carbonyl (C=O) groups is 2. The second-order valence-corrected chi connectivity index (χ2v) is 9.61. The Morgan fingerprint density at radius 2 is 1.05 bits per heavy atom. The molecular formula is C34H26N4O3. The molecule has 0 saturated heterocycles. The zero-order valence-corrected chi connectivity index (χ0v) is 22.5. The van der Waals surface area contributed by atoms with Crippen LogP contribution in [0.25, 0.3) is 64.9 Å². The van der Waals surface area contributed by atoms with Gasteiger partial charge in [0.25, 0.3) is 5.91 Å². The van der Waals surface area contributed by atoms with Gasteiger partial charge in [0.15, 0.2) is 0 Å². The largest absolute Gasteiger partial charge is 0.478 e. The average molecular weight is 539 g/mol. The summed E-state index contributed by atoms with van der Waals surface area (Å²) in [5.74, 6) is -1.01. The number of carboxylic acid groups (broad SMARTS) is 1. The van der Waals surface area contributed by atoms with E-state index in [2.05, 4.69) is 51.4 Å². The van der Waals surface area contributed by atoms with Crippen LogP contribution in [-0.2, 0) is 0 Å². The number of hydrogen-bond acceptors (Lipinski definition) is 5. The van der Waals surface area contributed by atoms with Gasteiger partial charge in [-0.15, -0.1) is 0 Å². The van der Waals surface area contributed by atoms with Crippen molar-refractivity contribution < 1.29 is 14.7 Å². The van der Waals surface area contributed by atoms with Crippen LogP contribution in [0.2, 0.25) is 0 Å². The number of aromatic carboxylic acids is 1. The summed E-state index contributed by atoms with van der Waals surface area (Å²) in [4.78, 5) is 31.9. The molecule has 0 bridgehead atoms. The number of carbonyl (C=O) groups excluding carboxylic acids is 1. The Morgan fingerprint density at radius 1 is 0.610 bits per heavy atom. The lowest BCUT2D eigenvalue weighted by molar-refractivity contribution is 0.0697. The molecule has 200 valence electrons. The molecule has 41 heavy (non-hydrogen) atoms. The first kappa shape index (κ1) is 25.9. The molecular weight excluding hydrogens is 512 g/mol. The van der Waals surface area contributed by atoms with Gasteiger partial charge in [-0.25, -0.2) is 4.79 Å². The number of nitrogens with two attached hydrogens (primary N) is 1. The summed E-state index contributed by atoms with van der Waals surface area (Å²) in [5.41, 5.74) is 7.02. The molecule has 0 radical (unpaired) electrons. The van der Waals surface area contributed by atoms with Crippen LogP contribution in [0, 0.1) is 0 Å². The number of aromatic nitrogens is 2. The lowest BCUT2D eigenvalue weighted by Gasteiger charge is -2.11. The van der Waals surface area contributed by atoms with Crippen LogP contribution >= 0.6 is 0 Å². The summed E-state index contributed by atoms with van der Waals surface area (Å²) < 4.78 is 0. The van der Waals surface area contributed by atoms with Gasteiger partial charge in [0.2, 0.25) is 0 Å². The summed E-state index contributed by atoms with van der Waals surface area (Å²) >= 11 is 0. The minimum Gasteiger partial charge on any atom is -0.478 e. The Morgan fingerprint density at radius 3 is 1.54 bits per heavy atom. The van der Waals surface area contributed by atoms with Crippen LogP contribution < -0.4 is 11.1 Å². The molecule has 0 aliphatic rings. The third-order valence-corrected chi connectivity index (χ3v) is 7.36. The number of benzene rings is 6. The molecule has 4 N–H and O–H groups in total. The third kappa shape index (κ3) is 4.29. The van der Waals surface area contributed by atoms with Crippen LogP contribution in [0.4, 0.5) is 0 Å². The highest BCUT2D eigenvalue weighted by molar-refractivity contribution is 6.24. The molecule has 1 amide bonds. The molecule has 8 rings (SSSR count). The van der Waals surface area contributed by atoms with Gasteiger partial charge < -0.3 is 16.2 Å². The smallest absolute Gasteiger partial charge is 0.335 e. The van der Waals surface area contributed by atoms with Crippen molar-refractivity contribution in [3.63, 3.8) is 0 Å². The number of pyridine rings is 2. The maximum atomic E-state index is 11.8. The first-order chi connectivity index (χ1) is 20.0. The standard InChI is InChI=1S/C17H12N2O.C16H9NO2.CH5N/c1-18-17(20)13-7-11-6-5-10-3-2-4-12-9-19-14(8-13)16(11)15(10)12;18-16(19)12-6-10-5-4-9-2-1-3-11-8-17-13(7-12)15(10)14(9)11;1-2/h2-9H,1H3,(H,18,20);1-8H,(H,18,19);2H2,1H3. The lowest BCUT2D eigenvalue weighted by atomic mass is 9.96. The van der Waals surface area contributed by atoms with E-state index in [9.17, 15) is 9.59 Å². The van der Waals surface area contributed by atoms with Crippen molar-refractivity contribution in [2.75, 3.05) is 14.1 Å². The lowest BCUT2D eigenvalue weighted by Crippen LogP contribution is -2.17. The number of hydrogen-bond donors (Lipinski definition) is 3. The van der Waals surface area contributed by atoms with Crippen LogP contribution in [-0.4, -0.2) is 41.0 Å². The minimum atomic E-state index is -0.924. The number of carboxylic acids is 1. The zero-order valence-electron chi connectivity index (χ0n) is 22.5. The molecule has 6 aromatic carbocycles. The summed E-state index contributed by atoms with van der Waals surface area (Å²) in [6, 6.07) is 27.6. The van der Waals surface area contributed by atoms with Gasteiger partial charge in [-0.05, 0) is 52.9 Å². The zero-order chi connectivity index (χ0) is 28.7. The van der Waals surface area contributed by atoms with Gasteiger partial charge in [0.1, 0.15) is 0 Å². The number of nitrogens with one attached hydrogen (secondary N) is 1. The molecule has 0 aliphatic heterocycles. The molecule has 0 aliphatic carbocycles. The highest BCUT2D eigenvalue weighted by atomic mass is 16.4. The van der Waals surface area contributed by atoms with Gasteiger partial charge in [-0.2, -0.15) is 0 Å². The molecule has 0 saturated carbocycles. The molecule has 0 spiro atoms. The third-order valence-electron chi connectivity index (χ3n) is 7.36. The van der Waals surface area contributed by atoms with E-state index < -0.39 is 5.97 Å². The van der Waals surface area contributed by atoms with Crippen LogP contribution in [0.3, 0.4) is 0 Å². The average Bonchev–Trinajstić information content (AvgIpc) is 3.03. The predicted octanol–water partition coefficient (Wildman–Crippen LogP) is 6.59. The van der Waals surface area contributed by atoms with Crippen molar-refractivity contribution in [3.05, 3.63) is 108 Å². The fourth-order valence-electron chi connectivity index (χ4n) is 5.59. The van der Waals surface area contributed by atoms with Gasteiger partial charge in [0, 0.05) is 57.3 Å². The van der Waals surface area contributed by atoms with Gasteiger partial charge >= 0.3 is 5.97 Å². The van der Waals surface area contributed by atoms with Crippen molar-refractivity contribution in [1.29, 1.82) is 0 Å². The Bertz CT molecular complexity index is 2100. The van der Waals surface area contributed by atoms with Gasteiger partial charge in [0.05, 0.1) is 16.6 Å². The fourth-order valence-corrected chi connectivity index (χ4v) is 5.59. The Balaban J connectivity index is 0.000000139. The van der Waals surface area contributed by atoms with E-state index in [4.69, 9.17) is 5.11 Å². The predicted molar refractivity (Wildman–Crippen MR) is 166 cm³/mol. The van der Waals surface area contributed by atoms with E-state index in [1.165, 1.54) is 17.8 Å². The molecule has 0 fully saturated rings. The second kappa shape index (κ2) is 10.3. The van der Waals surface area contributed by atoms with E-state index in [1.807, 2.05) is 48.7 Å². The first-order valence-electron chi connectivity index (χ1n) is 13.1. The summed E-state index contributed by atoms with van der Waals surface area (Å²) in [6.07, 6.45) is 3.67. The molecule has 8 aromatic rings. The van der Waals surface area contributed by atoms with Crippen LogP contribution in [0.15, 0.2) is 97.3 Å². The molecule has 2 aromatic heterocycles. The number of amides is 1. The second-order valence-electron chi connectivity index (χ2n) is 9.61. The number of nitrogens with zero attached hydrogens (tertiary/aromatic N) is 2. The summed E-state index contributed by atoms with van der Waals surface area (Å²) in [5, 5.41) is 22.9. The Kier molecular flexibility index (Phi) is 6.49. The maximum absolute atomic E-state index is 11.8. The highest BCUT2D eigenvalue weighted by Crippen LogP contribution is 2.35. The molecule has 7 heteroatoms. The van der Waals surface area contributed by atoms with Crippen LogP contribution in [0.5, 0.6) is 0 Å². The Hall–Kier alpha value is -5.40. The van der Waals surface area contributed by atoms with E-state index in [-0.39, 0.29) is 11.5 Å². The minimum absolute atomic E-state index is 0.0858. The highest BCUT2D eigenvalue weighted by Gasteiger charge is 2.13.